The minimum absolute atomic E-state index is 1.11. The van der Waals surface area contributed by atoms with Crippen molar-refractivity contribution in [2.45, 2.75) is 19.6 Å². The van der Waals surface area contributed by atoms with Crippen molar-refractivity contribution in [1.29, 1.82) is 0 Å². The van der Waals surface area contributed by atoms with Gasteiger partial charge in [-0.3, -0.25) is 0 Å². The second-order valence-corrected chi connectivity index (χ2v) is 21.0. The molecule has 0 bridgehead atoms. The molecule has 0 heterocycles. The Morgan fingerprint density at radius 2 is 0.569 bits per heavy atom. The highest BCUT2D eigenvalue weighted by molar-refractivity contribution is 6.88. The molecular formula is C55H46N2Si. The number of nitrogens with zero attached hydrogens (tertiary/aromatic N) is 2. The third-order valence-electron chi connectivity index (χ3n) is 11.0. The summed E-state index contributed by atoms with van der Waals surface area (Å²) in [5.74, 6) is 0. The molecule has 0 N–H and O–H groups in total. The molecule has 0 radical (unpaired) electrons. The van der Waals surface area contributed by atoms with Gasteiger partial charge >= 0.3 is 0 Å². The maximum Gasteiger partial charge on any atom is 0.0775 e. The molecule has 0 amide bonds. The highest BCUT2D eigenvalue weighted by Gasteiger charge is 2.19. The molecule has 280 valence electrons. The van der Waals surface area contributed by atoms with Gasteiger partial charge in [0.05, 0.1) is 8.07 Å². The molecule has 0 aliphatic heterocycles. The SMILES string of the molecule is C[Si](C)(C)c1ccc(N(c2ccc(-c3ccc(-c4ccc(N(c5ccccc5)c5ccc(-c6ccccc6)cc5)cc4)cc3)cc2)c2ccc3ccccc3c2)cc1. The van der Waals surface area contributed by atoms with Gasteiger partial charge in [-0.2, -0.15) is 0 Å². The van der Waals surface area contributed by atoms with E-state index in [0.717, 1.165) is 34.1 Å². The van der Waals surface area contributed by atoms with Gasteiger partial charge in [0.15, 0.2) is 0 Å². The van der Waals surface area contributed by atoms with Gasteiger partial charge in [-0.1, -0.05) is 176 Å². The van der Waals surface area contributed by atoms with Crippen LogP contribution in [0.4, 0.5) is 34.1 Å². The molecule has 0 aromatic heterocycles. The quantitative estimate of drug-likeness (QED) is 0.128. The summed E-state index contributed by atoms with van der Waals surface area (Å²) < 4.78 is 0. The first-order chi connectivity index (χ1) is 28.4. The van der Waals surface area contributed by atoms with Gasteiger partial charge in [0, 0.05) is 34.1 Å². The van der Waals surface area contributed by atoms with E-state index in [2.05, 4.69) is 254 Å². The van der Waals surface area contributed by atoms with E-state index in [-0.39, 0.29) is 0 Å². The molecular weight excluding hydrogens is 717 g/mol. The summed E-state index contributed by atoms with van der Waals surface area (Å²) in [4.78, 5) is 4.69. The Kier molecular flexibility index (Phi) is 10.1. The summed E-state index contributed by atoms with van der Waals surface area (Å²) in [5.41, 5.74) is 14.0. The van der Waals surface area contributed by atoms with Crippen LogP contribution in [0.1, 0.15) is 0 Å². The highest BCUT2D eigenvalue weighted by atomic mass is 28.3. The summed E-state index contributed by atoms with van der Waals surface area (Å²) in [7, 11) is -1.42. The first-order valence-electron chi connectivity index (χ1n) is 20.1. The number of rotatable bonds is 10. The molecule has 0 saturated heterocycles. The van der Waals surface area contributed by atoms with Crippen LogP contribution in [0.3, 0.4) is 0 Å². The zero-order valence-electron chi connectivity index (χ0n) is 33.3. The maximum absolute atomic E-state index is 2.40. The minimum atomic E-state index is -1.42. The zero-order valence-corrected chi connectivity index (χ0v) is 34.3. The lowest BCUT2D eigenvalue weighted by molar-refractivity contribution is 1.28. The highest BCUT2D eigenvalue weighted by Crippen LogP contribution is 2.39. The number of anilines is 6. The molecule has 0 aliphatic carbocycles. The van der Waals surface area contributed by atoms with Gasteiger partial charge in [0.25, 0.3) is 0 Å². The number of hydrogen-bond acceptors (Lipinski definition) is 2. The number of fused-ring (bicyclic) bond motifs is 1. The van der Waals surface area contributed by atoms with Gasteiger partial charge in [-0.25, -0.2) is 0 Å². The second kappa shape index (κ2) is 15.9. The molecule has 58 heavy (non-hydrogen) atoms. The van der Waals surface area contributed by atoms with E-state index in [4.69, 9.17) is 0 Å². The van der Waals surface area contributed by atoms with Crippen molar-refractivity contribution in [3.63, 3.8) is 0 Å². The maximum atomic E-state index is 2.40. The van der Waals surface area contributed by atoms with Crippen molar-refractivity contribution >= 4 is 58.2 Å². The molecule has 9 aromatic rings. The Morgan fingerprint density at radius 1 is 0.259 bits per heavy atom. The summed E-state index contributed by atoms with van der Waals surface area (Å²) in [6.45, 7) is 7.20. The van der Waals surface area contributed by atoms with Crippen LogP contribution >= 0.6 is 0 Å². The number of para-hydroxylation sites is 1. The molecule has 0 spiro atoms. The molecule has 0 fully saturated rings. The van der Waals surface area contributed by atoms with Crippen LogP contribution in [0.2, 0.25) is 19.6 Å². The van der Waals surface area contributed by atoms with Gasteiger partial charge in [0.1, 0.15) is 0 Å². The van der Waals surface area contributed by atoms with Crippen molar-refractivity contribution in [1.82, 2.24) is 0 Å². The Hall–Kier alpha value is -6.94. The predicted molar refractivity (Wildman–Crippen MR) is 253 cm³/mol. The third-order valence-corrected chi connectivity index (χ3v) is 13.1. The van der Waals surface area contributed by atoms with E-state index in [0.29, 0.717) is 0 Å². The van der Waals surface area contributed by atoms with E-state index >= 15 is 0 Å². The van der Waals surface area contributed by atoms with Crippen LogP contribution in [0, 0.1) is 0 Å². The topological polar surface area (TPSA) is 6.48 Å². The van der Waals surface area contributed by atoms with Crippen molar-refractivity contribution < 1.29 is 0 Å². The van der Waals surface area contributed by atoms with Gasteiger partial charge < -0.3 is 9.80 Å². The molecule has 3 heteroatoms. The summed E-state index contributed by atoms with van der Waals surface area (Å²) in [6, 6.07) is 81.3. The van der Waals surface area contributed by atoms with Crippen LogP contribution in [0.25, 0.3) is 44.2 Å². The number of hydrogen-bond donors (Lipinski definition) is 0. The molecule has 2 nitrogen and oxygen atoms in total. The first kappa shape index (κ1) is 36.7. The van der Waals surface area contributed by atoms with E-state index in [9.17, 15) is 0 Å². The Morgan fingerprint density at radius 3 is 1.02 bits per heavy atom. The fourth-order valence-corrected chi connectivity index (χ4v) is 8.96. The Bertz CT molecular complexity index is 2750. The van der Waals surface area contributed by atoms with E-state index in [1.165, 1.54) is 49.3 Å². The largest absolute Gasteiger partial charge is 0.311 e. The fraction of sp³-hybridized carbons (Fsp3) is 0.0545. The van der Waals surface area contributed by atoms with Crippen LogP contribution < -0.4 is 15.0 Å². The molecule has 9 aromatic carbocycles. The van der Waals surface area contributed by atoms with Crippen molar-refractivity contribution in [2.24, 2.45) is 0 Å². The lowest BCUT2D eigenvalue weighted by Crippen LogP contribution is -2.37. The van der Waals surface area contributed by atoms with E-state index in [1.807, 2.05) is 0 Å². The lowest BCUT2D eigenvalue weighted by atomic mass is 9.99. The average Bonchev–Trinajstić information content (AvgIpc) is 3.28. The molecule has 9 rings (SSSR count). The minimum Gasteiger partial charge on any atom is -0.311 e. The standard InChI is InChI=1S/C55H46N2Si/c1-58(2,3)55-38-36-53(37-39-55)57(54-35-28-42-14-10-11-15-48(42)40-54)52-33-26-47(27-34-52)44-20-18-43(19-21-44)46-24-31-51(32-25-46)56(49-16-8-5-9-17-49)50-29-22-45(23-30-50)41-12-6-4-7-13-41/h4-40H,1-3H3. The van der Waals surface area contributed by atoms with Crippen molar-refractivity contribution in [3.8, 4) is 33.4 Å². The van der Waals surface area contributed by atoms with Crippen LogP contribution in [0.15, 0.2) is 224 Å². The zero-order chi connectivity index (χ0) is 39.5. The molecule has 0 saturated carbocycles. The van der Waals surface area contributed by atoms with Crippen molar-refractivity contribution in [3.05, 3.63) is 224 Å². The molecule has 0 aliphatic rings. The van der Waals surface area contributed by atoms with E-state index < -0.39 is 8.07 Å². The van der Waals surface area contributed by atoms with Gasteiger partial charge in [0.2, 0.25) is 0 Å². The predicted octanol–water partition coefficient (Wildman–Crippen LogP) is 15.3. The fourth-order valence-electron chi connectivity index (χ4n) is 7.79. The smallest absolute Gasteiger partial charge is 0.0775 e. The first-order valence-corrected chi connectivity index (χ1v) is 23.6. The second-order valence-electron chi connectivity index (χ2n) is 15.9. The summed E-state index contributed by atoms with van der Waals surface area (Å²) >= 11 is 0. The van der Waals surface area contributed by atoms with Crippen LogP contribution in [-0.4, -0.2) is 8.07 Å². The summed E-state index contributed by atoms with van der Waals surface area (Å²) in [5, 5.41) is 3.94. The van der Waals surface area contributed by atoms with Gasteiger partial charge in [-0.05, 0) is 117 Å². The average molecular weight is 763 g/mol. The Balaban J connectivity index is 0.968. The Labute approximate surface area is 344 Å². The lowest BCUT2D eigenvalue weighted by Gasteiger charge is -2.27. The molecule has 0 unspecified atom stereocenters. The van der Waals surface area contributed by atoms with E-state index in [1.54, 1.807) is 0 Å². The monoisotopic (exact) mass is 762 g/mol. The van der Waals surface area contributed by atoms with Crippen LogP contribution in [-0.2, 0) is 0 Å². The normalized spacial score (nSPS) is 11.4. The van der Waals surface area contributed by atoms with Crippen molar-refractivity contribution in [2.75, 3.05) is 9.80 Å². The molecule has 0 atom stereocenters. The third kappa shape index (κ3) is 7.73. The number of benzene rings is 9. The summed E-state index contributed by atoms with van der Waals surface area (Å²) in [6.07, 6.45) is 0. The van der Waals surface area contributed by atoms with Crippen LogP contribution in [0.5, 0.6) is 0 Å². The van der Waals surface area contributed by atoms with Gasteiger partial charge in [-0.15, -0.1) is 0 Å².